The zero-order valence-electron chi connectivity index (χ0n) is 14.0. The van der Waals surface area contributed by atoms with Crippen LogP contribution in [0, 0.1) is 6.92 Å². The normalized spacial score (nSPS) is 18.5. The van der Waals surface area contributed by atoms with Crippen molar-refractivity contribution >= 4 is 11.0 Å². The van der Waals surface area contributed by atoms with Gasteiger partial charge in [-0.2, -0.15) is 0 Å². The van der Waals surface area contributed by atoms with Crippen molar-refractivity contribution in [2.24, 2.45) is 0 Å². The highest BCUT2D eigenvalue weighted by Gasteiger charge is 2.23. The topological polar surface area (TPSA) is 21.1 Å². The molecule has 0 unspecified atom stereocenters. The van der Waals surface area contributed by atoms with Crippen molar-refractivity contribution in [3.8, 4) is 0 Å². The summed E-state index contributed by atoms with van der Waals surface area (Å²) in [6.07, 6.45) is -0.0574. The number of halogens is 1. The maximum absolute atomic E-state index is 13.5. The Hall–Kier alpha value is -2.20. The van der Waals surface area contributed by atoms with E-state index in [2.05, 4.69) is 46.7 Å². The van der Waals surface area contributed by atoms with E-state index in [1.54, 1.807) is 0 Å². The fraction of sp³-hybridized carbons (Fsp3) is 0.350. The molecule has 1 atom stereocenters. The molecule has 0 aliphatic carbocycles. The summed E-state index contributed by atoms with van der Waals surface area (Å²) in [6, 6.07) is 16.8. The van der Waals surface area contributed by atoms with Gasteiger partial charge in [-0.05, 0) is 31.0 Å². The molecule has 3 aromatic rings. The molecule has 2 heterocycles. The fourth-order valence-corrected chi connectivity index (χ4v) is 3.43. The molecule has 24 heavy (non-hydrogen) atoms. The van der Waals surface area contributed by atoms with Gasteiger partial charge in [0.2, 0.25) is 0 Å². The molecule has 0 bridgehead atoms. The molecule has 124 valence electrons. The summed E-state index contributed by atoms with van der Waals surface area (Å²) < 4.78 is 15.8. The van der Waals surface area contributed by atoms with Crippen LogP contribution < -0.4 is 0 Å². The van der Waals surface area contributed by atoms with Gasteiger partial charge >= 0.3 is 0 Å². The third kappa shape index (κ3) is 3.06. The van der Waals surface area contributed by atoms with Crippen molar-refractivity contribution in [1.82, 2.24) is 14.5 Å². The first-order valence-corrected chi connectivity index (χ1v) is 8.55. The van der Waals surface area contributed by atoms with Crippen LogP contribution in [-0.4, -0.2) is 33.7 Å². The summed E-state index contributed by atoms with van der Waals surface area (Å²) in [7, 11) is 0. The van der Waals surface area contributed by atoms with Gasteiger partial charge < -0.3 is 4.57 Å². The molecule has 4 rings (SSSR count). The lowest BCUT2D eigenvalue weighted by Gasteiger charge is -2.16. The number of fused-ring (bicyclic) bond motifs is 1. The molecule has 0 amide bonds. The molecule has 2 aromatic carbocycles. The minimum absolute atomic E-state index is 0.522. The van der Waals surface area contributed by atoms with Gasteiger partial charge in [-0.25, -0.2) is 9.37 Å². The van der Waals surface area contributed by atoms with Gasteiger partial charge in [-0.3, -0.25) is 4.90 Å². The number of hydrogen-bond acceptors (Lipinski definition) is 2. The van der Waals surface area contributed by atoms with E-state index in [1.165, 1.54) is 11.1 Å². The summed E-state index contributed by atoms with van der Waals surface area (Å²) >= 11 is 0. The Labute approximate surface area is 141 Å². The van der Waals surface area contributed by atoms with Gasteiger partial charge in [0, 0.05) is 19.6 Å². The fourth-order valence-electron chi connectivity index (χ4n) is 3.43. The standard InChI is InChI=1S/C20H22FN3/c1-15-6-8-16(9-7-15)12-24-19-5-3-2-4-18(19)22-20(24)14-23-11-10-17(21)13-23/h2-9,17H,10-14H2,1H3/t17-/m0/s1. The first-order valence-electron chi connectivity index (χ1n) is 8.55. The molecule has 3 nitrogen and oxygen atoms in total. The van der Waals surface area contributed by atoms with Crippen LogP contribution in [0.25, 0.3) is 11.0 Å². The van der Waals surface area contributed by atoms with Crippen LogP contribution in [0.2, 0.25) is 0 Å². The van der Waals surface area contributed by atoms with Crippen LogP contribution in [0.3, 0.4) is 0 Å². The van der Waals surface area contributed by atoms with Gasteiger partial charge in [0.25, 0.3) is 0 Å². The lowest BCUT2D eigenvalue weighted by molar-refractivity contribution is 0.275. The van der Waals surface area contributed by atoms with Crippen LogP contribution >= 0.6 is 0 Å². The molecule has 0 saturated carbocycles. The third-order valence-electron chi connectivity index (χ3n) is 4.77. The number of benzene rings is 2. The second kappa shape index (κ2) is 6.36. The molecule has 0 radical (unpaired) electrons. The van der Waals surface area contributed by atoms with Crippen LogP contribution in [0.5, 0.6) is 0 Å². The van der Waals surface area contributed by atoms with E-state index < -0.39 is 6.17 Å². The van der Waals surface area contributed by atoms with E-state index in [4.69, 9.17) is 4.98 Å². The lowest BCUT2D eigenvalue weighted by Crippen LogP contribution is -2.23. The number of aryl methyl sites for hydroxylation is 1. The maximum Gasteiger partial charge on any atom is 0.124 e. The average Bonchev–Trinajstić information content (AvgIpc) is 3.14. The Bertz CT molecular complexity index is 838. The zero-order chi connectivity index (χ0) is 16.5. The molecular weight excluding hydrogens is 301 g/mol. The number of aromatic nitrogens is 2. The van der Waals surface area contributed by atoms with Crippen molar-refractivity contribution in [1.29, 1.82) is 0 Å². The first-order chi connectivity index (χ1) is 11.7. The van der Waals surface area contributed by atoms with Crippen molar-refractivity contribution < 1.29 is 4.39 Å². The van der Waals surface area contributed by atoms with Crippen molar-refractivity contribution in [3.63, 3.8) is 0 Å². The molecule has 1 aromatic heterocycles. The summed E-state index contributed by atoms with van der Waals surface area (Å²) in [4.78, 5) is 6.98. The second-order valence-corrected chi connectivity index (χ2v) is 6.71. The molecule has 4 heteroatoms. The summed E-state index contributed by atoms with van der Waals surface area (Å²) in [6.45, 7) is 4.94. The molecule has 0 N–H and O–H groups in total. The van der Waals surface area contributed by atoms with E-state index in [1.807, 2.05) is 18.2 Å². The number of rotatable bonds is 4. The smallest absolute Gasteiger partial charge is 0.124 e. The Morgan fingerprint density at radius 3 is 2.62 bits per heavy atom. The van der Waals surface area contributed by atoms with Crippen LogP contribution in [-0.2, 0) is 13.1 Å². The molecule has 1 saturated heterocycles. The quantitative estimate of drug-likeness (QED) is 0.725. The predicted octanol–water partition coefficient (Wildman–Crippen LogP) is 3.94. The minimum atomic E-state index is -0.695. The Kier molecular flexibility index (Phi) is 4.07. The molecule has 0 spiro atoms. The molecule has 1 fully saturated rings. The minimum Gasteiger partial charge on any atom is -0.322 e. The van der Waals surface area contributed by atoms with Gasteiger partial charge in [-0.1, -0.05) is 42.0 Å². The van der Waals surface area contributed by atoms with E-state index in [0.717, 1.165) is 29.9 Å². The van der Waals surface area contributed by atoms with Crippen molar-refractivity contribution in [2.45, 2.75) is 32.6 Å². The van der Waals surface area contributed by atoms with Crippen LogP contribution in [0.15, 0.2) is 48.5 Å². The first kappa shape index (κ1) is 15.3. The van der Waals surface area contributed by atoms with Crippen molar-refractivity contribution in [3.05, 3.63) is 65.5 Å². The van der Waals surface area contributed by atoms with Crippen LogP contribution in [0.4, 0.5) is 4.39 Å². The maximum atomic E-state index is 13.5. The van der Waals surface area contributed by atoms with Gasteiger partial charge in [0.1, 0.15) is 12.0 Å². The highest BCUT2D eigenvalue weighted by atomic mass is 19.1. The highest BCUT2D eigenvalue weighted by Crippen LogP contribution is 2.21. The number of para-hydroxylation sites is 2. The average molecular weight is 323 g/mol. The number of hydrogen-bond donors (Lipinski definition) is 0. The van der Waals surface area contributed by atoms with E-state index >= 15 is 0 Å². The SMILES string of the molecule is Cc1ccc(Cn2c(CN3CC[C@H](F)C3)nc3ccccc32)cc1. The van der Waals surface area contributed by atoms with Crippen molar-refractivity contribution in [2.75, 3.05) is 13.1 Å². The largest absolute Gasteiger partial charge is 0.322 e. The Balaban J connectivity index is 1.68. The van der Waals surface area contributed by atoms with Gasteiger partial charge in [0.05, 0.1) is 17.6 Å². The molecule has 1 aliphatic heterocycles. The van der Waals surface area contributed by atoms with E-state index in [0.29, 0.717) is 19.5 Å². The third-order valence-corrected chi connectivity index (χ3v) is 4.77. The van der Waals surface area contributed by atoms with Crippen LogP contribution in [0.1, 0.15) is 23.4 Å². The summed E-state index contributed by atoms with van der Waals surface area (Å²) in [5.74, 6) is 1.02. The Morgan fingerprint density at radius 2 is 1.88 bits per heavy atom. The highest BCUT2D eigenvalue weighted by molar-refractivity contribution is 5.76. The van der Waals surface area contributed by atoms with Gasteiger partial charge in [0.15, 0.2) is 0 Å². The lowest BCUT2D eigenvalue weighted by atomic mass is 10.1. The number of imidazole rings is 1. The number of nitrogens with zero attached hydrogens (tertiary/aromatic N) is 3. The molecular formula is C20H22FN3. The van der Waals surface area contributed by atoms with E-state index in [9.17, 15) is 4.39 Å². The summed E-state index contributed by atoms with van der Waals surface area (Å²) in [5.41, 5.74) is 4.68. The molecule has 1 aliphatic rings. The monoisotopic (exact) mass is 323 g/mol. The number of likely N-dealkylation sites (tertiary alicyclic amines) is 1. The summed E-state index contributed by atoms with van der Waals surface area (Å²) in [5, 5.41) is 0. The second-order valence-electron chi connectivity index (χ2n) is 6.71. The number of alkyl halides is 1. The Morgan fingerprint density at radius 1 is 1.08 bits per heavy atom. The van der Waals surface area contributed by atoms with Gasteiger partial charge in [-0.15, -0.1) is 0 Å². The zero-order valence-corrected chi connectivity index (χ0v) is 14.0. The van der Waals surface area contributed by atoms with E-state index in [-0.39, 0.29) is 0 Å². The predicted molar refractivity (Wildman–Crippen MR) is 94.8 cm³/mol.